The Morgan fingerprint density at radius 3 is 2.28 bits per heavy atom. The van der Waals surface area contributed by atoms with E-state index in [2.05, 4.69) is 12.2 Å². The van der Waals surface area contributed by atoms with E-state index in [0.29, 0.717) is 6.61 Å². The third-order valence-corrected chi connectivity index (χ3v) is 3.27. The maximum absolute atomic E-state index is 11.6. The van der Waals surface area contributed by atoms with Gasteiger partial charge in [0.1, 0.15) is 0 Å². The fourth-order valence-electron chi connectivity index (χ4n) is 1.87. The molecule has 0 aliphatic carbocycles. The van der Waals surface area contributed by atoms with Crippen LogP contribution in [0.4, 0.5) is 0 Å². The molecule has 0 atom stereocenters. The Balaban J connectivity index is 3.27. The number of hydrogen-bond acceptors (Lipinski definition) is 3. The molecule has 0 bridgehead atoms. The lowest BCUT2D eigenvalue weighted by Gasteiger charge is -2.11. The van der Waals surface area contributed by atoms with E-state index < -0.39 is 0 Å². The summed E-state index contributed by atoms with van der Waals surface area (Å²) in [6.45, 7) is 9.08. The van der Waals surface area contributed by atoms with Crippen LogP contribution in [0.1, 0.15) is 65.7 Å². The van der Waals surface area contributed by atoms with Gasteiger partial charge in [0.15, 0.2) is 0 Å². The maximum atomic E-state index is 11.6. The molecular weight excluding hydrogens is 226 g/mol. The first-order valence-electron chi connectivity index (χ1n) is 7.63. The number of unbranched alkanes of at least 4 members (excludes halogenated alkanes) is 3. The van der Waals surface area contributed by atoms with E-state index in [1.54, 1.807) is 0 Å². The highest BCUT2D eigenvalue weighted by atomic mass is 16.5. The monoisotopic (exact) mass is 257 g/mol. The lowest BCUT2D eigenvalue weighted by molar-refractivity contribution is -0.148. The number of carbonyl (C=O) groups excluding carboxylic acids is 1. The summed E-state index contributed by atoms with van der Waals surface area (Å²) in [5.74, 6) is 0.0850. The minimum absolute atomic E-state index is 0.0129. The molecule has 0 aromatic rings. The summed E-state index contributed by atoms with van der Waals surface area (Å²) < 4.78 is 5.27. The normalized spacial score (nSPS) is 10.9. The summed E-state index contributed by atoms with van der Waals surface area (Å²) in [7, 11) is 0. The molecule has 0 aliphatic heterocycles. The molecule has 0 aromatic heterocycles. The Morgan fingerprint density at radius 1 is 1.00 bits per heavy atom. The fraction of sp³-hybridized carbons (Fsp3) is 0.933. The van der Waals surface area contributed by atoms with Crippen molar-refractivity contribution in [1.29, 1.82) is 0 Å². The van der Waals surface area contributed by atoms with Crippen molar-refractivity contribution in [3.63, 3.8) is 0 Å². The Kier molecular flexibility index (Phi) is 12.5. The average Bonchev–Trinajstić information content (AvgIpc) is 2.38. The molecule has 0 amide bonds. The molecule has 0 heterocycles. The van der Waals surface area contributed by atoms with E-state index in [1.165, 1.54) is 19.3 Å². The van der Waals surface area contributed by atoms with Crippen LogP contribution in [-0.4, -0.2) is 25.7 Å². The van der Waals surface area contributed by atoms with Crippen LogP contribution in [0.15, 0.2) is 0 Å². The molecule has 18 heavy (non-hydrogen) atoms. The molecule has 108 valence electrons. The highest BCUT2D eigenvalue weighted by Crippen LogP contribution is 2.10. The maximum Gasteiger partial charge on any atom is 0.308 e. The molecule has 0 spiro atoms. The van der Waals surface area contributed by atoms with Gasteiger partial charge in [0, 0.05) is 0 Å². The molecule has 3 nitrogen and oxygen atoms in total. The zero-order chi connectivity index (χ0) is 13.6. The van der Waals surface area contributed by atoms with Crippen LogP contribution in [0.5, 0.6) is 0 Å². The van der Waals surface area contributed by atoms with E-state index in [4.69, 9.17) is 4.74 Å². The number of hydrogen-bond donors (Lipinski definition) is 1. The van der Waals surface area contributed by atoms with Crippen LogP contribution in [0, 0.1) is 5.92 Å². The van der Waals surface area contributed by atoms with Crippen molar-refractivity contribution in [3.8, 4) is 0 Å². The highest BCUT2D eigenvalue weighted by Gasteiger charge is 2.14. The van der Waals surface area contributed by atoms with Crippen molar-refractivity contribution >= 4 is 5.97 Å². The molecule has 3 heteroatoms. The summed E-state index contributed by atoms with van der Waals surface area (Å²) >= 11 is 0. The lowest BCUT2D eigenvalue weighted by atomic mass is 10.0. The van der Waals surface area contributed by atoms with E-state index in [0.717, 1.165) is 38.8 Å². The highest BCUT2D eigenvalue weighted by molar-refractivity contribution is 5.72. The number of carbonyl (C=O) groups is 1. The SMILES string of the molecule is CCCCNCCCCCOC(=O)C(CC)CC. The van der Waals surface area contributed by atoms with E-state index in [1.807, 2.05) is 13.8 Å². The molecule has 0 unspecified atom stereocenters. The van der Waals surface area contributed by atoms with E-state index in [-0.39, 0.29) is 11.9 Å². The Morgan fingerprint density at radius 2 is 1.67 bits per heavy atom. The first-order chi connectivity index (χ1) is 8.76. The first kappa shape index (κ1) is 17.4. The second-order valence-corrected chi connectivity index (χ2v) is 4.85. The second kappa shape index (κ2) is 12.9. The van der Waals surface area contributed by atoms with Gasteiger partial charge in [0.25, 0.3) is 0 Å². The predicted molar refractivity (Wildman–Crippen MR) is 76.7 cm³/mol. The topological polar surface area (TPSA) is 38.3 Å². The zero-order valence-electron chi connectivity index (χ0n) is 12.5. The van der Waals surface area contributed by atoms with Crippen LogP contribution >= 0.6 is 0 Å². The molecule has 0 rings (SSSR count). The van der Waals surface area contributed by atoms with Gasteiger partial charge in [-0.1, -0.05) is 27.2 Å². The van der Waals surface area contributed by atoms with Gasteiger partial charge in [-0.2, -0.15) is 0 Å². The van der Waals surface area contributed by atoms with Gasteiger partial charge >= 0.3 is 5.97 Å². The van der Waals surface area contributed by atoms with Crippen molar-refractivity contribution in [2.24, 2.45) is 5.92 Å². The van der Waals surface area contributed by atoms with Gasteiger partial charge < -0.3 is 10.1 Å². The lowest BCUT2D eigenvalue weighted by Crippen LogP contribution is -2.18. The molecular formula is C15H31NO2. The summed E-state index contributed by atoms with van der Waals surface area (Å²) in [5.41, 5.74) is 0. The van der Waals surface area contributed by atoms with Gasteiger partial charge in [-0.3, -0.25) is 4.79 Å². The number of nitrogens with one attached hydrogen (secondary N) is 1. The Labute approximate surface area is 113 Å². The van der Waals surface area contributed by atoms with Gasteiger partial charge in [-0.15, -0.1) is 0 Å². The van der Waals surface area contributed by atoms with Crippen LogP contribution in [-0.2, 0) is 9.53 Å². The van der Waals surface area contributed by atoms with Crippen molar-refractivity contribution in [2.45, 2.75) is 65.7 Å². The second-order valence-electron chi connectivity index (χ2n) is 4.85. The van der Waals surface area contributed by atoms with Gasteiger partial charge in [-0.25, -0.2) is 0 Å². The third-order valence-electron chi connectivity index (χ3n) is 3.27. The fourth-order valence-corrected chi connectivity index (χ4v) is 1.87. The van der Waals surface area contributed by atoms with E-state index >= 15 is 0 Å². The average molecular weight is 257 g/mol. The summed E-state index contributed by atoms with van der Waals surface area (Å²) in [4.78, 5) is 11.6. The van der Waals surface area contributed by atoms with Crippen LogP contribution in [0.25, 0.3) is 0 Å². The number of rotatable bonds is 12. The zero-order valence-corrected chi connectivity index (χ0v) is 12.5. The minimum atomic E-state index is -0.0129. The molecule has 0 saturated carbocycles. The molecule has 0 aromatic carbocycles. The Hall–Kier alpha value is -0.570. The first-order valence-corrected chi connectivity index (χ1v) is 7.63. The van der Waals surface area contributed by atoms with Crippen LogP contribution in [0.3, 0.4) is 0 Å². The van der Waals surface area contributed by atoms with Gasteiger partial charge in [0.05, 0.1) is 12.5 Å². The summed E-state index contributed by atoms with van der Waals surface area (Å²) in [6, 6.07) is 0. The number of esters is 1. The van der Waals surface area contributed by atoms with Gasteiger partial charge in [0.2, 0.25) is 0 Å². The van der Waals surface area contributed by atoms with Crippen LogP contribution in [0.2, 0.25) is 0 Å². The largest absolute Gasteiger partial charge is 0.465 e. The summed E-state index contributed by atoms with van der Waals surface area (Å²) in [6.07, 6.45) is 7.57. The summed E-state index contributed by atoms with van der Waals surface area (Å²) in [5, 5.41) is 3.41. The van der Waals surface area contributed by atoms with Crippen LogP contribution < -0.4 is 5.32 Å². The van der Waals surface area contributed by atoms with Gasteiger partial charge in [-0.05, 0) is 51.6 Å². The van der Waals surface area contributed by atoms with Crippen molar-refractivity contribution < 1.29 is 9.53 Å². The van der Waals surface area contributed by atoms with Crippen molar-refractivity contribution in [1.82, 2.24) is 5.32 Å². The molecule has 1 N–H and O–H groups in total. The molecule has 0 aliphatic rings. The molecule has 0 saturated heterocycles. The third kappa shape index (κ3) is 9.46. The quantitative estimate of drug-likeness (QED) is 0.429. The standard InChI is InChI=1S/C15H31NO2/c1-4-7-11-16-12-9-8-10-13-18-15(17)14(5-2)6-3/h14,16H,4-13H2,1-3H3. The van der Waals surface area contributed by atoms with Crippen molar-refractivity contribution in [2.75, 3.05) is 19.7 Å². The molecule has 0 radical (unpaired) electrons. The predicted octanol–water partition coefficient (Wildman–Crippen LogP) is 3.53. The van der Waals surface area contributed by atoms with E-state index in [9.17, 15) is 4.79 Å². The van der Waals surface area contributed by atoms with Crippen molar-refractivity contribution in [3.05, 3.63) is 0 Å². The number of ether oxygens (including phenoxy) is 1. The molecule has 0 fully saturated rings. The minimum Gasteiger partial charge on any atom is -0.465 e. The Bertz CT molecular complexity index is 191. The smallest absolute Gasteiger partial charge is 0.308 e.